The molecule has 0 aliphatic heterocycles. The van der Waals surface area contributed by atoms with E-state index in [1.807, 2.05) is 10.9 Å². The van der Waals surface area contributed by atoms with Gasteiger partial charge in [-0.2, -0.15) is 5.10 Å². The molecule has 0 atom stereocenters. The molecule has 0 bridgehead atoms. The van der Waals surface area contributed by atoms with Crippen LogP contribution >= 0.6 is 0 Å². The van der Waals surface area contributed by atoms with Crippen LogP contribution in [-0.2, 0) is 24.4 Å². The van der Waals surface area contributed by atoms with E-state index in [0.717, 1.165) is 31.3 Å². The molecule has 0 fully saturated rings. The lowest BCUT2D eigenvalue weighted by atomic mass is 10.5. The van der Waals surface area contributed by atoms with Gasteiger partial charge in [-0.3, -0.25) is 0 Å². The highest BCUT2D eigenvalue weighted by Gasteiger charge is 2.07. The number of ether oxygens (including phenoxy) is 1. The minimum atomic E-state index is 0.690. The Balaban J connectivity index is 1.95. The predicted octanol–water partition coefficient (Wildman–Crippen LogP) is 0.279. The summed E-state index contributed by atoms with van der Waals surface area (Å²) in [5.74, 6) is 1.93. The SMILES string of the molecule is CCn1ncnc1Cn1ccnc1CNCCOC. The maximum Gasteiger partial charge on any atom is 0.146 e. The summed E-state index contributed by atoms with van der Waals surface area (Å²) in [5, 5.41) is 7.46. The first-order valence-electron chi connectivity index (χ1n) is 6.41. The molecule has 2 aromatic heterocycles. The Morgan fingerprint density at radius 2 is 2.21 bits per heavy atom. The van der Waals surface area contributed by atoms with Crippen LogP contribution in [0.25, 0.3) is 0 Å². The Hall–Kier alpha value is -1.73. The molecular weight excluding hydrogens is 244 g/mol. The van der Waals surface area contributed by atoms with Crippen LogP contribution in [0.1, 0.15) is 18.6 Å². The average molecular weight is 264 g/mol. The van der Waals surface area contributed by atoms with Crippen LogP contribution in [0.5, 0.6) is 0 Å². The van der Waals surface area contributed by atoms with Gasteiger partial charge in [0.2, 0.25) is 0 Å². The first-order chi connectivity index (χ1) is 9.35. The predicted molar refractivity (Wildman–Crippen MR) is 70.6 cm³/mol. The summed E-state index contributed by atoms with van der Waals surface area (Å²) in [5.41, 5.74) is 0. The number of aryl methyl sites for hydroxylation is 1. The fourth-order valence-electron chi connectivity index (χ4n) is 1.85. The summed E-state index contributed by atoms with van der Waals surface area (Å²) in [6.07, 6.45) is 5.36. The molecule has 0 aromatic carbocycles. The van der Waals surface area contributed by atoms with E-state index in [1.54, 1.807) is 19.6 Å². The highest BCUT2D eigenvalue weighted by molar-refractivity contribution is 4.97. The van der Waals surface area contributed by atoms with E-state index >= 15 is 0 Å². The van der Waals surface area contributed by atoms with Gasteiger partial charge in [-0.15, -0.1) is 0 Å². The zero-order valence-corrected chi connectivity index (χ0v) is 11.4. The summed E-state index contributed by atoms with van der Waals surface area (Å²) in [7, 11) is 1.69. The van der Waals surface area contributed by atoms with Crippen LogP contribution in [0.2, 0.25) is 0 Å². The summed E-state index contributed by atoms with van der Waals surface area (Å²) < 4.78 is 8.97. The van der Waals surface area contributed by atoms with Crippen molar-refractivity contribution in [2.24, 2.45) is 0 Å². The summed E-state index contributed by atoms with van der Waals surface area (Å²) in [6.45, 7) is 5.80. The summed E-state index contributed by atoms with van der Waals surface area (Å²) >= 11 is 0. The van der Waals surface area contributed by atoms with Gasteiger partial charge in [0.15, 0.2) is 0 Å². The van der Waals surface area contributed by atoms with E-state index in [0.29, 0.717) is 13.2 Å². The molecule has 0 radical (unpaired) electrons. The smallest absolute Gasteiger partial charge is 0.146 e. The van der Waals surface area contributed by atoms with Gasteiger partial charge < -0.3 is 14.6 Å². The van der Waals surface area contributed by atoms with Crippen molar-refractivity contribution in [3.05, 3.63) is 30.4 Å². The van der Waals surface area contributed by atoms with Crippen molar-refractivity contribution in [1.29, 1.82) is 0 Å². The zero-order valence-electron chi connectivity index (χ0n) is 11.4. The lowest BCUT2D eigenvalue weighted by Crippen LogP contribution is -2.21. The molecule has 104 valence electrons. The molecule has 0 spiro atoms. The van der Waals surface area contributed by atoms with Crippen LogP contribution in [0.3, 0.4) is 0 Å². The second kappa shape index (κ2) is 7.01. The van der Waals surface area contributed by atoms with Crippen LogP contribution in [0.4, 0.5) is 0 Å². The van der Waals surface area contributed by atoms with Gasteiger partial charge in [0.25, 0.3) is 0 Å². The zero-order chi connectivity index (χ0) is 13.5. The molecule has 2 aromatic rings. The highest BCUT2D eigenvalue weighted by atomic mass is 16.5. The Morgan fingerprint density at radius 3 is 3.00 bits per heavy atom. The fourth-order valence-corrected chi connectivity index (χ4v) is 1.85. The molecule has 0 aliphatic rings. The molecule has 7 nitrogen and oxygen atoms in total. The molecule has 0 aliphatic carbocycles. The lowest BCUT2D eigenvalue weighted by molar-refractivity contribution is 0.199. The minimum absolute atomic E-state index is 0.690. The van der Waals surface area contributed by atoms with Crippen molar-refractivity contribution in [2.75, 3.05) is 20.3 Å². The molecule has 1 N–H and O–H groups in total. The van der Waals surface area contributed by atoms with Gasteiger partial charge in [-0.25, -0.2) is 14.6 Å². The standard InChI is InChI=1S/C12H20N6O/c1-3-18-12(15-10-16-18)9-17-6-4-14-11(17)8-13-5-7-19-2/h4,6,10,13H,3,5,7-9H2,1-2H3. The van der Waals surface area contributed by atoms with Crippen molar-refractivity contribution in [2.45, 2.75) is 26.6 Å². The molecular formula is C12H20N6O. The van der Waals surface area contributed by atoms with Crippen molar-refractivity contribution in [3.8, 4) is 0 Å². The maximum atomic E-state index is 5.00. The van der Waals surface area contributed by atoms with Gasteiger partial charge in [-0.1, -0.05) is 0 Å². The van der Waals surface area contributed by atoms with E-state index < -0.39 is 0 Å². The average Bonchev–Trinajstić information content (AvgIpc) is 3.04. The second-order valence-corrected chi connectivity index (χ2v) is 4.13. The van der Waals surface area contributed by atoms with Crippen LogP contribution in [0.15, 0.2) is 18.7 Å². The number of imidazole rings is 1. The van der Waals surface area contributed by atoms with E-state index in [1.165, 1.54) is 0 Å². The van der Waals surface area contributed by atoms with E-state index in [-0.39, 0.29) is 0 Å². The number of rotatable bonds is 8. The second-order valence-electron chi connectivity index (χ2n) is 4.13. The summed E-state index contributed by atoms with van der Waals surface area (Å²) in [6, 6.07) is 0. The topological polar surface area (TPSA) is 69.8 Å². The number of nitrogens with zero attached hydrogens (tertiary/aromatic N) is 5. The van der Waals surface area contributed by atoms with Crippen molar-refractivity contribution < 1.29 is 4.74 Å². The van der Waals surface area contributed by atoms with Gasteiger partial charge >= 0.3 is 0 Å². The first kappa shape index (κ1) is 13.7. The molecule has 0 saturated carbocycles. The highest BCUT2D eigenvalue weighted by Crippen LogP contribution is 2.03. The van der Waals surface area contributed by atoms with Crippen molar-refractivity contribution in [1.82, 2.24) is 29.6 Å². The van der Waals surface area contributed by atoms with Crippen molar-refractivity contribution in [3.63, 3.8) is 0 Å². The Morgan fingerprint density at radius 1 is 1.32 bits per heavy atom. The fraction of sp³-hybridized carbons (Fsp3) is 0.583. The number of nitrogens with one attached hydrogen (secondary N) is 1. The van der Waals surface area contributed by atoms with E-state index in [4.69, 9.17) is 4.74 Å². The van der Waals surface area contributed by atoms with Crippen LogP contribution in [0, 0.1) is 0 Å². The number of methoxy groups -OCH3 is 1. The third-order valence-electron chi connectivity index (χ3n) is 2.87. The minimum Gasteiger partial charge on any atom is -0.383 e. The van der Waals surface area contributed by atoms with E-state index in [9.17, 15) is 0 Å². The Bertz CT molecular complexity index is 492. The number of aromatic nitrogens is 5. The van der Waals surface area contributed by atoms with Crippen molar-refractivity contribution >= 4 is 0 Å². The largest absolute Gasteiger partial charge is 0.383 e. The number of hydrogen-bond donors (Lipinski definition) is 1. The van der Waals surface area contributed by atoms with Crippen LogP contribution in [-0.4, -0.2) is 44.6 Å². The lowest BCUT2D eigenvalue weighted by Gasteiger charge is -2.09. The monoisotopic (exact) mass is 264 g/mol. The van der Waals surface area contributed by atoms with Gasteiger partial charge in [0.05, 0.1) is 19.7 Å². The van der Waals surface area contributed by atoms with Gasteiger partial charge in [0.1, 0.15) is 18.0 Å². The molecule has 2 heterocycles. The summed E-state index contributed by atoms with van der Waals surface area (Å²) in [4.78, 5) is 8.63. The normalized spacial score (nSPS) is 11.1. The molecule has 19 heavy (non-hydrogen) atoms. The Labute approximate surface area is 112 Å². The first-order valence-corrected chi connectivity index (χ1v) is 6.41. The third kappa shape index (κ3) is 3.62. The maximum absolute atomic E-state index is 5.00. The third-order valence-corrected chi connectivity index (χ3v) is 2.87. The van der Waals surface area contributed by atoms with E-state index in [2.05, 4.69) is 31.9 Å². The Kier molecular flexibility index (Phi) is 5.05. The molecule has 2 rings (SSSR count). The van der Waals surface area contributed by atoms with Gasteiger partial charge in [0, 0.05) is 32.6 Å². The number of hydrogen-bond acceptors (Lipinski definition) is 5. The molecule has 0 amide bonds. The molecule has 7 heteroatoms. The van der Waals surface area contributed by atoms with Crippen LogP contribution < -0.4 is 5.32 Å². The molecule has 0 saturated heterocycles. The molecule has 0 unspecified atom stereocenters. The van der Waals surface area contributed by atoms with Gasteiger partial charge in [-0.05, 0) is 6.92 Å². The quantitative estimate of drug-likeness (QED) is 0.693.